The van der Waals surface area contributed by atoms with E-state index in [0.717, 1.165) is 5.56 Å². The van der Waals surface area contributed by atoms with Crippen LogP contribution in [0.4, 0.5) is 4.79 Å². The highest BCUT2D eigenvalue weighted by molar-refractivity contribution is 6.12. The molecule has 0 radical (unpaired) electrons. The van der Waals surface area contributed by atoms with E-state index < -0.39 is 11.9 Å². The number of hydrogen-bond donors (Lipinski definition) is 2. The van der Waals surface area contributed by atoms with Crippen molar-refractivity contribution in [3.8, 4) is 0 Å². The van der Waals surface area contributed by atoms with Gasteiger partial charge < -0.3 is 5.73 Å². The zero-order valence-electron chi connectivity index (χ0n) is 11.2. The van der Waals surface area contributed by atoms with Crippen molar-refractivity contribution >= 4 is 17.7 Å². The molecule has 0 atom stereocenters. The number of hydrogen-bond acceptors (Lipinski definition) is 3. The molecule has 3 amide bonds. The van der Waals surface area contributed by atoms with Gasteiger partial charge in [0, 0.05) is 12.0 Å². The van der Waals surface area contributed by atoms with E-state index in [1.807, 2.05) is 35.6 Å². The lowest BCUT2D eigenvalue weighted by atomic mass is 9.98. The van der Waals surface area contributed by atoms with Crippen LogP contribution >= 0.6 is 0 Å². The molecule has 0 aromatic heterocycles. The summed E-state index contributed by atoms with van der Waals surface area (Å²) in [7, 11) is 0. The van der Waals surface area contributed by atoms with Crippen LogP contribution in [0.2, 0.25) is 0 Å². The molecule has 3 N–H and O–H groups in total. The van der Waals surface area contributed by atoms with Crippen molar-refractivity contribution in [2.45, 2.75) is 6.42 Å². The molecule has 0 fully saturated rings. The first-order valence-corrected chi connectivity index (χ1v) is 6.35. The van der Waals surface area contributed by atoms with Crippen molar-refractivity contribution in [2.75, 3.05) is 0 Å². The number of carbonyl (C=O) groups is 3. The van der Waals surface area contributed by atoms with E-state index in [0.29, 0.717) is 0 Å². The van der Waals surface area contributed by atoms with Crippen LogP contribution in [-0.4, -0.2) is 17.7 Å². The summed E-state index contributed by atoms with van der Waals surface area (Å²) < 4.78 is 0. The molecule has 106 valence electrons. The number of nitrogens with two attached hydrogens (primary N) is 1. The van der Waals surface area contributed by atoms with E-state index in [2.05, 4.69) is 0 Å². The van der Waals surface area contributed by atoms with E-state index in [1.165, 1.54) is 6.07 Å². The van der Waals surface area contributed by atoms with Crippen LogP contribution in [0, 0.1) is 0 Å². The lowest BCUT2D eigenvalue weighted by Crippen LogP contribution is -2.35. The largest absolute Gasteiger partial charge is 0.351 e. The van der Waals surface area contributed by atoms with Crippen LogP contribution in [0.3, 0.4) is 0 Å². The number of ketones is 1. The van der Waals surface area contributed by atoms with Crippen LogP contribution in [0.15, 0.2) is 54.6 Å². The van der Waals surface area contributed by atoms with Crippen molar-refractivity contribution in [1.82, 2.24) is 5.32 Å². The lowest BCUT2D eigenvalue weighted by molar-refractivity contribution is 0.0943. The summed E-state index contributed by atoms with van der Waals surface area (Å²) in [5.74, 6) is -0.879. The second kappa shape index (κ2) is 6.47. The first kappa shape index (κ1) is 14.5. The predicted octanol–water partition coefficient (Wildman–Crippen LogP) is 1.92. The lowest BCUT2D eigenvalue weighted by Gasteiger charge is -2.08. The van der Waals surface area contributed by atoms with E-state index in [9.17, 15) is 14.4 Å². The molecular formula is C16H14N2O3. The molecular weight excluding hydrogens is 268 g/mol. The van der Waals surface area contributed by atoms with E-state index in [-0.39, 0.29) is 23.3 Å². The summed E-state index contributed by atoms with van der Waals surface area (Å²) in [6.07, 6.45) is 0.182. The molecule has 0 aliphatic rings. The molecule has 2 aromatic carbocycles. The molecule has 0 aliphatic carbocycles. The third-order valence-corrected chi connectivity index (χ3v) is 2.92. The number of nitrogens with one attached hydrogen (secondary N) is 1. The Morgan fingerprint density at radius 2 is 1.43 bits per heavy atom. The van der Waals surface area contributed by atoms with Gasteiger partial charge in [-0.3, -0.25) is 14.9 Å². The van der Waals surface area contributed by atoms with Gasteiger partial charge in [0.15, 0.2) is 5.78 Å². The van der Waals surface area contributed by atoms with Crippen LogP contribution in [0.25, 0.3) is 0 Å². The molecule has 0 saturated carbocycles. The van der Waals surface area contributed by atoms with Gasteiger partial charge in [-0.1, -0.05) is 48.5 Å². The van der Waals surface area contributed by atoms with Crippen molar-refractivity contribution in [3.05, 3.63) is 71.3 Å². The van der Waals surface area contributed by atoms with E-state index >= 15 is 0 Å². The molecule has 0 saturated heterocycles. The number of rotatable bonds is 4. The number of Topliss-reactive ketones (excluding diaryl/α,β-unsaturated/α-hetero) is 1. The molecule has 0 spiro atoms. The third kappa shape index (κ3) is 3.76. The molecule has 2 aromatic rings. The SMILES string of the molecule is NC(=O)NC(=O)c1ccccc1C(=O)Cc1ccccc1. The highest BCUT2D eigenvalue weighted by Crippen LogP contribution is 2.13. The highest BCUT2D eigenvalue weighted by atomic mass is 16.2. The standard InChI is InChI=1S/C16H14N2O3/c17-16(21)18-15(20)13-9-5-4-8-12(13)14(19)10-11-6-2-1-3-7-11/h1-9H,10H2,(H3,17,18,20,21). The summed E-state index contributed by atoms with van der Waals surface area (Å²) in [6.45, 7) is 0. The van der Waals surface area contributed by atoms with Gasteiger partial charge in [0.05, 0.1) is 5.56 Å². The van der Waals surface area contributed by atoms with Gasteiger partial charge >= 0.3 is 6.03 Å². The van der Waals surface area contributed by atoms with Crippen molar-refractivity contribution in [2.24, 2.45) is 5.73 Å². The Bertz CT molecular complexity index is 681. The Kier molecular flexibility index (Phi) is 4.46. The summed E-state index contributed by atoms with van der Waals surface area (Å²) in [4.78, 5) is 35.0. The van der Waals surface area contributed by atoms with Gasteiger partial charge in [-0.15, -0.1) is 0 Å². The molecule has 0 unspecified atom stereocenters. The minimum atomic E-state index is -0.953. The van der Waals surface area contributed by atoms with Crippen molar-refractivity contribution in [3.63, 3.8) is 0 Å². The summed E-state index contributed by atoms with van der Waals surface area (Å²) >= 11 is 0. The van der Waals surface area contributed by atoms with Crippen LogP contribution in [0.1, 0.15) is 26.3 Å². The minimum absolute atomic E-state index is 0.136. The number of primary amides is 1. The number of benzene rings is 2. The minimum Gasteiger partial charge on any atom is -0.351 e. The monoisotopic (exact) mass is 282 g/mol. The summed E-state index contributed by atoms with van der Waals surface area (Å²) in [5.41, 5.74) is 6.18. The zero-order chi connectivity index (χ0) is 15.2. The topological polar surface area (TPSA) is 89.3 Å². The first-order valence-electron chi connectivity index (χ1n) is 6.35. The van der Waals surface area contributed by atoms with Gasteiger partial charge in [0.25, 0.3) is 5.91 Å². The molecule has 5 heteroatoms. The maximum atomic E-state index is 12.3. The highest BCUT2D eigenvalue weighted by Gasteiger charge is 2.17. The first-order chi connectivity index (χ1) is 10.1. The second-order valence-electron chi connectivity index (χ2n) is 4.45. The molecule has 0 heterocycles. The van der Waals surface area contributed by atoms with Crippen LogP contribution < -0.4 is 11.1 Å². The van der Waals surface area contributed by atoms with Gasteiger partial charge in [0.2, 0.25) is 0 Å². The van der Waals surface area contributed by atoms with Crippen molar-refractivity contribution < 1.29 is 14.4 Å². The molecule has 2 rings (SSSR count). The average Bonchev–Trinajstić information content (AvgIpc) is 2.47. The van der Waals surface area contributed by atoms with Crippen LogP contribution in [0.5, 0.6) is 0 Å². The summed E-state index contributed by atoms with van der Waals surface area (Å²) in [5, 5.41) is 1.97. The third-order valence-electron chi connectivity index (χ3n) is 2.92. The number of imide groups is 1. The smallest absolute Gasteiger partial charge is 0.319 e. The molecule has 5 nitrogen and oxygen atoms in total. The Labute approximate surface area is 121 Å². The maximum Gasteiger partial charge on any atom is 0.319 e. The Morgan fingerprint density at radius 3 is 2.05 bits per heavy atom. The predicted molar refractivity (Wildman–Crippen MR) is 78.0 cm³/mol. The molecule has 0 aliphatic heterocycles. The van der Waals surface area contributed by atoms with Gasteiger partial charge in [-0.25, -0.2) is 4.79 Å². The number of amides is 3. The quantitative estimate of drug-likeness (QED) is 0.839. The zero-order valence-corrected chi connectivity index (χ0v) is 11.2. The van der Waals surface area contributed by atoms with E-state index in [4.69, 9.17) is 5.73 Å². The Morgan fingerprint density at radius 1 is 0.857 bits per heavy atom. The summed E-state index contributed by atoms with van der Waals surface area (Å²) in [6, 6.07) is 14.6. The van der Waals surface area contributed by atoms with Crippen LogP contribution in [-0.2, 0) is 6.42 Å². The second-order valence-corrected chi connectivity index (χ2v) is 4.45. The van der Waals surface area contributed by atoms with Gasteiger partial charge in [0.1, 0.15) is 0 Å². The van der Waals surface area contributed by atoms with Gasteiger partial charge in [-0.2, -0.15) is 0 Å². The normalized spacial score (nSPS) is 9.90. The fraction of sp³-hybridized carbons (Fsp3) is 0.0625. The molecule has 21 heavy (non-hydrogen) atoms. The van der Waals surface area contributed by atoms with Gasteiger partial charge in [-0.05, 0) is 11.6 Å². The number of urea groups is 1. The average molecular weight is 282 g/mol. The maximum absolute atomic E-state index is 12.3. The van der Waals surface area contributed by atoms with Crippen molar-refractivity contribution in [1.29, 1.82) is 0 Å². The fourth-order valence-electron chi connectivity index (χ4n) is 1.98. The Hall–Kier alpha value is -2.95. The fourth-order valence-corrected chi connectivity index (χ4v) is 1.98. The molecule has 0 bridgehead atoms. The Balaban J connectivity index is 2.25. The van der Waals surface area contributed by atoms with E-state index in [1.54, 1.807) is 18.2 Å². The number of carbonyl (C=O) groups excluding carboxylic acids is 3.